The second-order valence-electron chi connectivity index (χ2n) is 3.74. The van der Waals surface area contributed by atoms with Crippen LogP contribution < -0.4 is 0 Å². The number of nitrogens with zero attached hydrogens (tertiary/aromatic N) is 1. The molecule has 0 saturated carbocycles. The molecule has 1 heterocycles. The fraction of sp³-hybridized carbons (Fsp3) is 0.231. The van der Waals surface area contributed by atoms with Crippen LogP contribution in [0.3, 0.4) is 0 Å². The maximum absolute atomic E-state index is 11.7. The average Bonchev–Trinajstić information content (AvgIpc) is 2.81. The van der Waals surface area contributed by atoms with Gasteiger partial charge < -0.3 is 0 Å². The number of hydrogen-bond donors (Lipinski definition) is 0. The van der Waals surface area contributed by atoms with E-state index in [-0.39, 0.29) is 5.78 Å². The molecule has 0 atom stereocenters. The van der Waals surface area contributed by atoms with Crippen molar-refractivity contribution in [2.24, 2.45) is 0 Å². The zero-order valence-electron chi connectivity index (χ0n) is 9.55. The Kier molecular flexibility index (Phi) is 4.34. The molecule has 0 N–H and O–H groups in total. The monoisotopic (exact) mass is 263 g/mol. The molecule has 0 spiro atoms. The molecule has 0 aliphatic heterocycles. The lowest BCUT2D eigenvalue weighted by atomic mass is 10.2. The number of Topliss-reactive ketones (excluding diaryl/α,β-unsaturated/α-hetero) is 1. The quantitative estimate of drug-likeness (QED) is 0.775. The fourth-order valence-electron chi connectivity index (χ4n) is 1.36. The molecule has 0 saturated heterocycles. The predicted molar refractivity (Wildman–Crippen MR) is 72.7 cm³/mol. The Labute approximate surface area is 109 Å². The second kappa shape index (κ2) is 5.98. The molecule has 1 aromatic heterocycles. The van der Waals surface area contributed by atoms with Crippen molar-refractivity contribution < 1.29 is 4.79 Å². The van der Waals surface area contributed by atoms with Crippen LogP contribution in [-0.2, 0) is 11.2 Å². The molecule has 0 bridgehead atoms. The van der Waals surface area contributed by atoms with Gasteiger partial charge in [0, 0.05) is 16.5 Å². The third-order valence-corrected chi connectivity index (χ3v) is 4.10. The Hall–Kier alpha value is -1.13. The molecular formula is C13H13NOS2. The van der Waals surface area contributed by atoms with Crippen molar-refractivity contribution in [1.29, 1.82) is 0 Å². The molecule has 2 aromatic rings. The van der Waals surface area contributed by atoms with E-state index in [1.54, 1.807) is 18.0 Å². The number of thioether (sulfide) groups is 1. The van der Waals surface area contributed by atoms with E-state index < -0.39 is 0 Å². The van der Waals surface area contributed by atoms with Crippen LogP contribution in [0.25, 0.3) is 0 Å². The Bertz CT molecular complexity index is 477. The average molecular weight is 263 g/mol. The summed E-state index contributed by atoms with van der Waals surface area (Å²) in [4.78, 5) is 16.9. The summed E-state index contributed by atoms with van der Waals surface area (Å²) < 4.78 is 0. The fourth-order valence-corrected chi connectivity index (χ4v) is 2.76. The number of ketones is 1. The summed E-state index contributed by atoms with van der Waals surface area (Å²) in [5.41, 5.74) is 1.24. The lowest BCUT2D eigenvalue weighted by molar-refractivity contribution is -0.116. The van der Waals surface area contributed by atoms with Crippen LogP contribution in [0.5, 0.6) is 0 Å². The highest BCUT2D eigenvalue weighted by atomic mass is 32.2. The Balaban J connectivity index is 1.82. The van der Waals surface area contributed by atoms with Gasteiger partial charge in [0.2, 0.25) is 0 Å². The molecule has 0 amide bonds. The lowest BCUT2D eigenvalue weighted by Gasteiger charge is -2.00. The summed E-state index contributed by atoms with van der Waals surface area (Å²) in [5.74, 6) is 0.744. The second-order valence-corrected chi connectivity index (χ2v) is 5.77. The number of thiazole rings is 1. The maximum atomic E-state index is 11.7. The number of aryl methyl sites for hydroxylation is 1. The number of carbonyl (C=O) groups excluding carboxylic acids is 1. The van der Waals surface area contributed by atoms with Gasteiger partial charge in [-0.3, -0.25) is 4.79 Å². The van der Waals surface area contributed by atoms with Gasteiger partial charge >= 0.3 is 0 Å². The van der Waals surface area contributed by atoms with Crippen molar-refractivity contribution in [1.82, 2.24) is 4.98 Å². The predicted octanol–water partition coefficient (Wildman–Crippen LogP) is 3.36. The highest BCUT2D eigenvalue weighted by Crippen LogP contribution is 2.19. The molecular weight excluding hydrogens is 250 g/mol. The Morgan fingerprint density at radius 2 is 2.12 bits per heavy atom. The van der Waals surface area contributed by atoms with Crippen molar-refractivity contribution in [2.45, 2.75) is 18.2 Å². The van der Waals surface area contributed by atoms with E-state index in [0.29, 0.717) is 12.2 Å². The number of benzene rings is 1. The number of aromatic nitrogens is 1. The molecule has 0 aliphatic rings. The van der Waals surface area contributed by atoms with Crippen LogP contribution in [0.4, 0.5) is 0 Å². The topological polar surface area (TPSA) is 30.0 Å². The molecule has 17 heavy (non-hydrogen) atoms. The smallest absolute Gasteiger partial charge is 0.149 e. The van der Waals surface area contributed by atoms with Crippen molar-refractivity contribution in [3.63, 3.8) is 0 Å². The summed E-state index contributed by atoms with van der Waals surface area (Å²) in [7, 11) is 0. The zero-order chi connectivity index (χ0) is 12.1. The van der Waals surface area contributed by atoms with Crippen LogP contribution in [0.15, 0.2) is 40.7 Å². The van der Waals surface area contributed by atoms with E-state index in [4.69, 9.17) is 0 Å². The highest BCUT2D eigenvalue weighted by molar-refractivity contribution is 8.00. The van der Waals surface area contributed by atoms with Crippen molar-refractivity contribution in [3.8, 4) is 0 Å². The maximum Gasteiger partial charge on any atom is 0.149 e. The molecule has 0 aliphatic carbocycles. The molecule has 2 rings (SSSR count). The van der Waals surface area contributed by atoms with E-state index in [2.05, 4.69) is 36.2 Å². The van der Waals surface area contributed by atoms with Crippen LogP contribution >= 0.6 is 23.1 Å². The summed E-state index contributed by atoms with van der Waals surface area (Å²) in [6.07, 6.45) is 2.19. The van der Waals surface area contributed by atoms with Crippen LogP contribution in [0.1, 0.15) is 10.6 Å². The van der Waals surface area contributed by atoms with E-state index in [1.807, 2.05) is 5.38 Å². The highest BCUT2D eigenvalue weighted by Gasteiger charge is 2.06. The van der Waals surface area contributed by atoms with Gasteiger partial charge in [-0.15, -0.1) is 23.1 Å². The van der Waals surface area contributed by atoms with E-state index in [0.717, 1.165) is 9.90 Å². The minimum Gasteiger partial charge on any atom is -0.298 e. The van der Waals surface area contributed by atoms with Gasteiger partial charge in [0.15, 0.2) is 0 Å². The lowest BCUT2D eigenvalue weighted by Crippen LogP contribution is -2.05. The number of carbonyl (C=O) groups is 1. The van der Waals surface area contributed by atoms with E-state index in [1.165, 1.54) is 16.9 Å². The van der Waals surface area contributed by atoms with Crippen LogP contribution in [-0.4, -0.2) is 16.5 Å². The summed E-state index contributed by atoms with van der Waals surface area (Å²) in [5, 5.41) is 2.80. The molecule has 1 aromatic carbocycles. The van der Waals surface area contributed by atoms with Gasteiger partial charge in [-0.05, 0) is 19.1 Å². The summed E-state index contributed by atoms with van der Waals surface area (Å²) in [6, 6.07) is 8.23. The first-order valence-corrected chi connectivity index (χ1v) is 7.20. The van der Waals surface area contributed by atoms with Crippen molar-refractivity contribution in [3.05, 3.63) is 46.4 Å². The molecule has 0 fully saturated rings. The van der Waals surface area contributed by atoms with E-state index in [9.17, 15) is 4.79 Å². The first-order chi connectivity index (χ1) is 8.24. The van der Waals surface area contributed by atoms with Crippen LogP contribution in [0.2, 0.25) is 0 Å². The molecule has 0 unspecified atom stereocenters. The zero-order valence-corrected chi connectivity index (χ0v) is 11.2. The largest absolute Gasteiger partial charge is 0.298 e. The third-order valence-electron chi connectivity index (χ3n) is 2.25. The van der Waals surface area contributed by atoms with Gasteiger partial charge in [-0.25, -0.2) is 4.98 Å². The summed E-state index contributed by atoms with van der Waals surface area (Å²) in [6.45, 7) is 2.06. The number of hydrogen-bond acceptors (Lipinski definition) is 4. The minimum atomic E-state index is 0.227. The third kappa shape index (κ3) is 3.98. The van der Waals surface area contributed by atoms with Crippen molar-refractivity contribution in [2.75, 3.05) is 5.75 Å². The Morgan fingerprint density at radius 3 is 2.76 bits per heavy atom. The first-order valence-electron chi connectivity index (χ1n) is 5.33. The van der Waals surface area contributed by atoms with E-state index >= 15 is 0 Å². The molecule has 0 radical (unpaired) electrons. The molecule has 88 valence electrons. The minimum absolute atomic E-state index is 0.227. The molecule has 4 heteroatoms. The van der Waals surface area contributed by atoms with Crippen molar-refractivity contribution >= 4 is 28.9 Å². The van der Waals surface area contributed by atoms with Gasteiger partial charge in [0.1, 0.15) is 5.78 Å². The normalized spacial score (nSPS) is 10.4. The first kappa shape index (κ1) is 12.3. The molecule has 2 nitrogen and oxygen atoms in total. The van der Waals surface area contributed by atoms with Crippen LogP contribution in [0, 0.1) is 6.92 Å². The summed E-state index contributed by atoms with van der Waals surface area (Å²) >= 11 is 3.12. The standard InChI is InChI=1S/C13H13NOS2/c1-10-2-4-12(5-3-10)17-9-11(15)8-13-14-6-7-16-13/h2-7H,8-9H2,1H3. The van der Waals surface area contributed by atoms with Gasteiger partial charge in [0.25, 0.3) is 0 Å². The van der Waals surface area contributed by atoms with Gasteiger partial charge in [0.05, 0.1) is 17.2 Å². The Morgan fingerprint density at radius 1 is 1.35 bits per heavy atom. The number of rotatable bonds is 5. The SMILES string of the molecule is Cc1ccc(SCC(=O)Cc2nccs2)cc1. The van der Waals surface area contributed by atoms with Gasteiger partial charge in [-0.1, -0.05) is 17.7 Å². The van der Waals surface area contributed by atoms with Gasteiger partial charge in [-0.2, -0.15) is 0 Å².